The Bertz CT molecular complexity index is 482. The van der Waals surface area contributed by atoms with Gasteiger partial charge in [0.2, 0.25) is 5.91 Å². The molecule has 1 saturated carbocycles. The van der Waals surface area contributed by atoms with Crippen LogP contribution in [0, 0.1) is 5.41 Å². The number of aliphatic carboxylic acids is 1. The first-order valence-corrected chi connectivity index (χ1v) is 9.15. The van der Waals surface area contributed by atoms with Gasteiger partial charge in [0.15, 0.2) is 9.84 Å². The third kappa shape index (κ3) is 5.65. The van der Waals surface area contributed by atoms with E-state index in [-0.39, 0.29) is 12.2 Å². The maximum Gasteiger partial charge on any atom is 0.303 e. The fourth-order valence-corrected chi connectivity index (χ4v) is 4.22. The molecule has 1 fully saturated rings. The van der Waals surface area contributed by atoms with E-state index in [1.54, 1.807) is 0 Å². The van der Waals surface area contributed by atoms with Crippen molar-refractivity contribution in [2.45, 2.75) is 57.6 Å². The number of amides is 1. The molecule has 7 heteroatoms. The van der Waals surface area contributed by atoms with Crippen LogP contribution in [0.15, 0.2) is 0 Å². The van der Waals surface area contributed by atoms with Crippen LogP contribution in [-0.2, 0) is 19.4 Å². The Morgan fingerprint density at radius 1 is 1.29 bits per heavy atom. The van der Waals surface area contributed by atoms with Crippen LogP contribution in [0.2, 0.25) is 0 Å². The average molecular weight is 319 g/mol. The smallest absolute Gasteiger partial charge is 0.303 e. The minimum atomic E-state index is -3.62. The summed E-state index contributed by atoms with van der Waals surface area (Å²) in [7, 11) is -3.62. The fourth-order valence-electron chi connectivity index (χ4n) is 2.31. The predicted octanol–water partition coefficient (Wildman–Crippen LogP) is 1.35. The molecule has 0 aromatic carbocycles. The number of nitrogens with one attached hydrogen (secondary N) is 1. The lowest BCUT2D eigenvalue weighted by Gasteiger charge is -2.17. The molecule has 1 aliphatic rings. The number of carboxylic acids is 1. The van der Waals surface area contributed by atoms with Gasteiger partial charge in [-0.15, -0.1) is 0 Å². The molecule has 0 spiro atoms. The Balaban J connectivity index is 2.53. The summed E-state index contributed by atoms with van der Waals surface area (Å²) in [6, 6.07) is 0. The van der Waals surface area contributed by atoms with Crippen molar-refractivity contribution in [1.29, 1.82) is 0 Å². The Morgan fingerprint density at radius 3 is 2.38 bits per heavy atom. The van der Waals surface area contributed by atoms with E-state index in [0.29, 0.717) is 19.4 Å². The standard InChI is InChI=1S/C14H25NO5S/c1-3-4-5-8-15-13(18)11(2)21(19,20)10-14(6-7-14)9-12(16)17/h11H,3-10H2,1-2H3,(H,15,18)(H,16,17). The molecule has 1 amide bonds. The van der Waals surface area contributed by atoms with Gasteiger partial charge in [-0.3, -0.25) is 9.59 Å². The second-order valence-corrected chi connectivity index (χ2v) is 8.34. The van der Waals surface area contributed by atoms with E-state index in [1.165, 1.54) is 6.92 Å². The van der Waals surface area contributed by atoms with Crippen LogP contribution < -0.4 is 5.32 Å². The zero-order chi connectivity index (χ0) is 16.1. The van der Waals surface area contributed by atoms with Crippen molar-refractivity contribution in [2.24, 2.45) is 5.41 Å². The Kier molecular flexibility index (Phi) is 6.19. The number of unbranched alkanes of at least 4 members (excludes halogenated alkanes) is 2. The van der Waals surface area contributed by atoms with Gasteiger partial charge < -0.3 is 10.4 Å². The molecule has 0 bridgehead atoms. The van der Waals surface area contributed by atoms with Crippen LogP contribution in [0.3, 0.4) is 0 Å². The van der Waals surface area contributed by atoms with Crippen molar-refractivity contribution in [3.63, 3.8) is 0 Å². The van der Waals surface area contributed by atoms with Crippen LogP contribution in [-0.4, -0.2) is 42.9 Å². The quantitative estimate of drug-likeness (QED) is 0.592. The molecule has 1 atom stereocenters. The second-order valence-electron chi connectivity index (χ2n) is 6.02. The van der Waals surface area contributed by atoms with E-state index in [2.05, 4.69) is 5.32 Å². The average Bonchev–Trinajstić information content (AvgIpc) is 3.10. The highest BCUT2D eigenvalue weighted by Gasteiger charge is 2.49. The van der Waals surface area contributed by atoms with Crippen LogP contribution in [0.1, 0.15) is 52.4 Å². The molecule has 0 aromatic rings. The Hall–Kier alpha value is -1.11. The van der Waals surface area contributed by atoms with Crippen molar-refractivity contribution in [3.8, 4) is 0 Å². The molecule has 2 N–H and O–H groups in total. The Morgan fingerprint density at radius 2 is 1.90 bits per heavy atom. The van der Waals surface area contributed by atoms with E-state index < -0.39 is 32.4 Å². The van der Waals surface area contributed by atoms with Gasteiger partial charge in [-0.1, -0.05) is 19.8 Å². The van der Waals surface area contributed by atoms with Gasteiger partial charge in [-0.2, -0.15) is 0 Å². The molecule has 1 aliphatic carbocycles. The molecule has 0 saturated heterocycles. The number of carboxylic acid groups (broad SMARTS) is 1. The zero-order valence-electron chi connectivity index (χ0n) is 12.7. The van der Waals surface area contributed by atoms with Crippen molar-refractivity contribution in [2.75, 3.05) is 12.3 Å². The van der Waals surface area contributed by atoms with Crippen LogP contribution >= 0.6 is 0 Å². The molecule has 0 heterocycles. The summed E-state index contributed by atoms with van der Waals surface area (Å²) >= 11 is 0. The van der Waals surface area contributed by atoms with E-state index >= 15 is 0 Å². The number of sulfone groups is 1. The van der Waals surface area contributed by atoms with Gasteiger partial charge in [0.25, 0.3) is 0 Å². The molecule has 0 aliphatic heterocycles. The number of hydrogen-bond acceptors (Lipinski definition) is 4. The molecule has 1 unspecified atom stereocenters. The lowest BCUT2D eigenvalue weighted by atomic mass is 10.1. The largest absolute Gasteiger partial charge is 0.481 e. The summed E-state index contributed by atoms with van der Waals surface area (Å²) in [5, 5.41) is 10.3. The van der Waals surface area contributed by atoms with E-state index in [9.17, 15) is 18.0 Å². The third-order valence-electron chi connectivity index (χ3n) is 3.98. The lowest BCUT2D eigenvalue weighted by Crippen LogP contribution is -2.40. The molecular weight excluding hydrogens is 294 g/mol. The maximum atomic E-state index is 12.2. The minimum Gasteiger partial charge on any atom is -0.481 e. The van der Waals surface area contributed by atoms with E-state index in [4.69, 9.17) is 5.11 Å². The van der Waals surface area contributed by atoms with Crippen molar-refractivity contribution in [3.05, 3.63) is 0 Å². The first-order valence-electron chi connectivity index (χ1n) is 7.43. The normalized spacial score (nSPS) is 18.0. The number of carbonyl (C=O) groups excluding carboxylic acids is 1. The first kappa shape index (κ1) is 17.9. The van der Waals surface area contributed by atoms with Gasteiger partial charge in [0.1, 0.15) is 5.25 Å². The maximum absolute atomic E-state index is 12.2. The summed E-state index contributed by atoms with van der Waals surface area (Å²) in [5.74, 6) is -1.69. The van der Waals surface area contributed by atoms with Crippen LogP contribution in [0.25, 0.3) is 0 Å². The van der Waals surface area contributed by atoms with Crippen molar-refractivity contribution >= 4 is 21.7 Å². The highest BCUT2D eigenvalue weighted by atomic mass is 32.2. The summed E-state index contributed by atoms with van der Waals surface area (Å²) < 4.78 is 24.5. The second kappa shape index (κ2) is 7.24. The summed E-state index contributed by atoms with van der Waals surface area (Å²) in [5.41, 5.74) is -0.651. The zero-order valence-corrected chi connectivity index (χ0v) is 13.5. The topological polar surface area (TPSA) is 101 Å². The summed E-state index contributed by atoms with van der Waals surface area (Å²) in [6.45, 7) is 3.90. The number of hydrogen-bond donors (Lipinski definition) is 2. The minimum absolute atomic E-state index is 0.142. The van der Waals surface area contributed by atoms with Crippen LogP contribution in [0.4, 0.5) is 0 Å². The molecule has 122 valence electrons. The van der Waals surface area contributed by atoms with E-state index in [1.807, 2.05) is 6.92 Å². The first-order chi connectivity index (χ1) is 9.72. The highest BCUT2D eigenvalue weighted by molar-refractivity contribution is 7.92. The van der Waals surface area contributed by atoms with Gasteiger partial charge in [0, 0.05) is 6.54 Å². The lowest BCUT2D eigenvalue weighted by molar-refractivity contribution is -0.138. The molecular formula is C14H25NO5S. The number of carbonyl (C=O) groups is 2. The van der Waals surface area contributed by atoms with E-state index in [0.717, 1.165) is 19.3 Å². The predicted molar refractivity (Wildman–Crippen MR) is 79.7 cm³/mol. The molecule has 0 radical (unpaired) electrons. The highest BCUT2D eigenvalue weighted by Crippen LogP contribution is 2.50. The molecule has 21 heavy (non-hydrogen) atoms. The molecule has 1 rings (SSSR count). The summed E-state index contributed by atoms with van der Waals surface area (Å²) in [6.07, 6.45) is 3.91. The van der Waals surface area contributed by atoms with Gasteiger partial charge >= 0.3 is 5.97 Å². The molecule has 0 aromatic heterocycles. The molecule has 6 nitrogen and oxygen atoms in total. The van der Waals surface area contributed by atoms with Gasteiger partial charge in [-0.05, 0) is 31.6 Å². The van der Waals surface area contributed by atoms with Gasteiger partial charge in [-0.25, -0.2) is 8.42 Å². The third-order valence-corrected chi connectivity index (χ3v) is 6.28. The van der Waals surface area contributed by atoms with Gasteiger partial charge in [0.05, 0.1) is 12.2 Å². The number of rotatable bonds is 10. The van der Waals surface area contributed by atoms with Crippen molar-refractivity contribution < 1.29 is 23.1 Å². The summed E-state index contributed by atoms with van der Waals surface area (Å²) in [4.78, 5) is 22.6. The van der Waals surface area contributed by atoms with Crippen molar-refractivity contribution in [1.82, 2.24) is 5.32 Å². The Labute approximate surface area is 126 Å². The SMILES string of the molecule is CCCCCNC(=O)C(C)S(=O)(=O)CC1(CC(=O)O)CC1. The monoisotopic (exact) mass is 319 g/mol. The fraction of sp³-hybridized carbons (Fsp3) is 0.857. The van der Waals surface area contributed by atoms with Crippen LogP contribution in [0.5, 0.6) is 0 Å².